The molecule has 0 spiro atoms. The number of anilines is 2. The molecule has 0 aromatic heterocycles. The van der Waals surface area contributed by atoms with Crippen LogP contribution in [0.15, 0.2) is 42.5 Å². The quantitative estimate of drug-likeness (QED) is 0.824. The number of nitrogens with zero attached hydrogens (tertiary/aromatic N) is 1. The van der Waals surface area contributed by atoms with Gasteiger partial charge >= 0.3 is 11.9 Å². The van der Waals surface area contributed by atoms with Gasteiger partial charge in [0.1, 0.15) is 11.6 Å². The monoisotopic (exact) mass is 302 g/mol. The van der Waals surface area contributed by atoms with Crippen LogP contribution in [0.2, 0.25) is 0 Å². The van der Waals surface area contributed by atoms with Crippen molar-refractivity contribution in [3.63, 3.8) is 0 Å². The van der Waals surface area contributed by atoms with Gasteiger partial charge in [-0.05, 0) is 24.3 Å². The molecule has 1 N–H and O–H groups in total. The van der Waals surface area contributed by atoms with Crippen molar-refractivity contribution in [3.8, 4) is 0 Å². The van der Waals surface area contributed by atoms with Crippen molar-refractivity contribution in [2.45, 2.75) is 0 Å². The number of hydrogen-bond donors (Lipinski definition) is 1. The van der Waals surface area contributed by atoms with Crippen molar-refractivity contribution in [2.75, 3.05) is 10.2 Å². The van der Waals surface area contributed by atoms with Crippen LogP contribution in [0.5, 0.6) is 0 Å². The number of ketones is 1. The number of amides is 3. The fourth-order valence-corrected chi connectivity index (χ4v) is 2.15. The van der Waals surface area contributed by atoms with Crippen LogP contribution >= 0.6 is 0 Å². The van der Waals surface area contributed by atoms with Gasteiger partial charge in [-0.25, -0.2) is 18.5 Å². The fourth-order valence-electron chi connectivity index (χ4n) is 2.15. The van der Waals surface area contributed by atoms with Crippen LogP contribution in [-0.4, -0.2) is 17.7 Å². The SMILES string of the molecule is O=C1C(=O)N(C(=O)Nc2ccc(F)cc2F)c2ccccc21. The zero-order chi connectivity index (χ0) is 15.9. The predicted octanol–water partition coefficient (Wildman–Crippen LogP) is 2.73. The van der Waals surface area contributed by atoms with Gasteiger partial charge in [0.25, 0.3) is 5.78 Å². The normalized spacial score (nSPS) is 13.3. The maximum absolute atomic E-state index is 13.5. The first-order chi connectivity index (χ1) is 10.5. The average Bonchev–Trinajstić information content (AvgIpc) is 2.74. The Labute approximate surface area is 123 Å². The first kappa shape index (κ1) is 13.9. The maximum atomic E-state index is 13.5. The molecule has 7 heteroatoms. The first-order valence-corrected chi connectivity index (χ1v) is 6.23. The molecular weight excluding hydrogens is 294 g/mol. The molecule has 0 aliphatic carbocycles. The highest BCUT2D eigenvalue weighted by Crippen LogP contribution is 2.29. The molecule has 1 heterocycles. The molecule has 0 fully saturated rings. The number of nitrogens with one attached hydrogen (secondary N) is 1. The second-order valence-electron chi connectivity index (χ2n) is 4.54. The molecular formula is C15H8F2N2O3. The van der Waals surface area contributed by atoms with Crippen LogP contribution < -0.4 is 10.2 Å². The topological polar surface area (TPSA) is 66.5 Å². The molecule has 0 saturated heterocycles. The molecule has 0 radical (unpaired) electrons. The van der Waals surface area contributed by atoms with Gasteiger partial charge in [-0.3, -0.25) is 9.59 Å². The summed E-state index contributed by atoms with van der Waals surface area (Å²) in [5.74, 6) is -3.63. The molecule has 3 amide bonds. The zero-order valence-electron chi connectivity index (χ0n) is 11.0. The minimum atomic E-state index is -1.03. The number of Topliss-reactive ketones (excluding diaryl/α,β-unsaturated/α-hetero) is 1. The lowest BCUT2D eigenvalue weighted by molar-refractivity contribution is -0.113. The van der Waals surface area contributed by atoms with Gasteiger partial charge in [0.05, 0.1) is 16.9 Å². The molecule has 1 aliphatic rings. The van der Waals surface area contributed by atoms with E-state index in [4.69, 9.17) is 0 Å². The Morgan fingerprint density at radius 3 is 2.50 bits per heavy atom. The molecule has 3 rings (SSSR count). The predicted molar refractivity (Wildman–Crippen MR) is 73.6 cm³/mol. The highest BCUT2D eigenvalue weighted by molar-refractivity contribution is 6.56. The third kappa shape index (κ3) is 2.12. The maximum Gasteiger partial charge on any atom is 0.333 e. The number of benzene rings is 2. The van der Waals surface area contributed by atoms with E-state index in [1.807, 2.05) is 0 Å². The van der Waals surface area contributed by atoms with E-state index >= 15 is 0 Å². The summed E-state index contributed by atoms with van der Waals surface area (Å²) < 4.78 is 26.4. The third-order valence-corrected chi connectivity index (χ3v) is 3.16. The fraction of sp³-hybridized carbons (Fsp3) is 0. The smallest absolute Gasteiger partial charge is 0.304 e. The van der Waals surface area contributed by atoms with Crippen molar-refractivity contribution < 1.29 is 23.2 Å². The number of halogens is 2. The number of hydrogen-bond acceptors (Lipinski definition) is 3. The summed E-state index contributed by atoms with van der Waals surface area (Å²) in [6, 6.07) is 7.56. The summed E-state index contributed by atoms with van der Waals surface area (Å²) in [6.45, 7) is 0. The Balaban J connectivity index is 1.93. The second-order valence-corrected chi connectivity index (χ2v) is 4.54. The molecule has 0 bridgehead atoms. The number of carbonyl (C=O) groups excluding carboxylic acids is 3. The van der Waals surface area contributed by atoms with Gasteiger partial charge in [-0.1, -0.05) is 12.1 Å². The van der Waals surface area contributed by atoms with Crippen molar-refractivity contribution in [3.05, 3.63) is 59.7 Å². The zero-order valence-corrected chi connectivity index (χ0v) is 11.0. The molecule has 0 unspecified atom stereocenters. The lowest BCUT2D eigenvalue weighted by atomic mass is 10.1. The molecule has 22 heavy (non-hydrogen) atoms. The highest BCUT2D eigenvalue weighted by Gasteiger charge is 2.39. The summed E-state index contributed by atoms with van der Waals surface area (Å²) in [5, 5.41) is 2.14. The Morgan fingerprint density at radius 1 is 1.05 bits per heavy atom. The van der Waals surface area contributed by atoms with E-state index in [1.54, 1.807) is 12.1 Å². The minimum Gasteiger partial charge on any atom is -0.304 e. The van der Waals surface area contributed by atoms with Gasteiger partial charge in [0.2, 0.25) is 0 Å². The van der Waals surface area contributed by atoms with Crippen LogP contribution in [0, 0.1) is 11.6 Å². The Kier molecular flexibility index (Phi) is 3.17. The summed E-state index contributed by atoms with van der Waals surface area (Å²) in [5.41, 5.74) is -0.0734. The van der Waals surface area contributed by atoms with Crippen molar-refractivity contribution in [1.29, 1.82) is 0 Å². The average molecular weight is 302 g/mol. The van der Waals surface area contributed by atoms with Gasteiger partial charge in [0, 0.05) is 6.07 Å². The van der Waals surface area contributed by atoms with Gasteiger partial charge in [0.15, 0.2) is 0 Å². The Hall–Kier alpha value is -3.09. The van der Waals surface area contributed by atoms with E-state index in [1.165, 1.54) is 12.1 Å². The number of fused-ring (bicyclic) bond motifs is 1. The molecule has 2 aromatic rings. The molecule has 110 valence electrons. The Bertz CT molecular complexity index is 820. The van der Waals surface area contributed by atoms with E-state index in [9.17, 15) is 23.2 Å². The summed E-state index contributed by atoms with van der Waals surface area (Å²) in [7, 11) is 0. The molecule has 1 aliphatic heterocycles. The van der Waals surface area contributed by atoms with Gasteiger partial charge in [-0.15, -0.1) is 0 Å². The van der Waals surface area contributed by atoms with Crippen molar-refractivity contribution in [2.24, 2.45) is 0 Å². The van der Waals surface area contributed by atoms with E-state index in [0.717, 1.165) is 12.1 Å². The Morgan fingerprint density at radius 2 is 1.77 bits per heavy atom. The first-order valence-electron chi connectivity index (χ1n) is 6.23. The van der Waals surface area contributed by atoms with E-state index in [0.29, 0.717) is 11.0 Å². The van der Waals surface area contributed by atoms with Crippen LogP contribution in [0.1, 0.15) is 10.4 Å². The summed E-state index contributed by atoms with van der Waals surface area (Å²) in [6.07, 6.45) is 0. The number of urea groups is 1. The number of para-hydroxylation sites is 1. The molecule has 2 aromatic carbocycles. The van der Waals surface area contributed by atoms with E-state index < -0.39 is 29.4 Å². The van der Waals surface area contributed by atoms with Crippen LogP contribution in [0.25, 0.3) is 0 Å². The third-order valence-electron chi connectivity index (χ3n) is 3.16. The van der Waals surface area contributed by atoms with Crippen molar-refractivity contribution >= 4 is 29.1 Å². The standard InChI is InChI=1S/C15H8F2N2O3/c16-8-5-6-11(10(17)7-8)18-15(22)19-12-4-2-1-3-9(12)13(20)14(19)21/h1-7H,(H,18,22). The second kappa shape index (κ2) is 5.03. The highest BCUT2D eigenvalue weighted by atomic mass is 19.1. The van der Waals surface area contributed by atoms with Gasteiger partial charge < -0.3 is 5.32 Å². The molecule has 0 atom stereocenters. The van der Waals surface area contributed by atoms with Crippen LogP contribution in [0.3, 0.4) is 0 Å². The van der Waals surface area contributed by atoms with E-state index in [2.05, 4.69) is 5.32 Å². The minimum absolute atomic E-state index is 0.0993. The number of rotatable bonds is 1. The number of imide groups is 1. The molecule has 0 saturated carbocycles. The summed E-state index contributed by atoms with van der Waals surface area (Å²) in [4.78, 5) is 36.5. The van der Waals surface area contributed by atoms with Crippen LogP contribution in [0.4, 0.5) is 25.0 Å². The number of carbonyl (C=O) groups is 3. The van der Waals surface area contributed by atoms with Crippen molar-refractivity contribution in [1.82, 2.24) is 0 Å². The van der Waals surface area contributed by atoms with Gasteiger partial charge in [-0.2, -0.15) is 0 Å². The lowest BCUT2D eigenvalue weighted by Crippen LogP contribution is -2.39. The van der Waals surface area contributed by atoms with E-state index in [-0.39, 0.29) is 16.9 Å². The lowest BCUT2D eigenvalue weighted by Gasteiger charge is -2.15. The summed E-state index contributed by atoms with van der Waals surface area (Å²) >= 11 is 0. The van der Waals surface area contributed by atoms with Crippen LogP contribution in [-0.2, 0) is 4.79 Å². The molecule has 5 nitrogen and oxygen atoms in total. The largest absolute Gasteiger partial charge is 0.333 e.